The Morgan fingerprint density at radius 1 is 1.22 bits per heavy atom. The molecule has 0 aromatic rings. The van der Waals surface area contributed by atoms with Crippen molar-refractivity contribution in [2.45, 2.75) is 64.6 Å². The molecule has 1 fully saturated rings. The zero-order chi connectivity index (χ0) is 13.6. The van der Waals surface area contributed by atoms with Crippen molar-refractivity contribution in [2.75, 3.05) is 13.3 Å². The highest BCUT2D eigenvalue weighted by atomic mass is 19.1. The quantitative estimate of drug-likeness (QED) is 0.562. The third-order valence-electron chi connectivity index (χ3n) is 3.05. The van der Waals surface area contributed by atoms with Crippen LogP contribution in [0.1, 0.15) is 52.9 Å². The molecule has 0 N–H and O–H groups in total. The molecule has 0 aromatic heterocycles. The molecule has 0 amide bonds. The van der Waals surface area contributed by atoms with Gasteiger partial charge >= 0.3 is 5.97 Å². The monoisotopic (exact) mass is 260 g/mol. The van der Waals surface area contributed by atoms with Crippen molar-refractivity contribution in [3.63, 3.8) is 0 Å². The lowest BCUT2D eigenvalue weighted by atomic mass is 9.87. The molecule has 1 saturated carbocycles. The number of carbonyl (C=O) groups is 1. The van der Waals surface area contributed by atoms with Gasteiger partial charge in [0, 0.05) is 6.61 Å². The summed E-state index contributed by atoms with van der Waals surface area (Å²) in [6, 6.07) is 0. The highest BCUT2D eigenvalue weighted by Gasteiger charge is 2.30. The van der Waals surface area contributed by atoms with Crippen molar-refractivity contribution in [3.8, 4) is 0 Å². The van der Waals surface area contributed by atoms with Gasteiger partial charge in [-0.25, -0.2) is 0 Å². The van der Waals surface area contributed by atoms with Crippen molar-refractivity contribution < 1.29 is 18.7 Å². The summed E-state index contributed by atoms with van der Waals surface area (Å²) >= 11 is 0. The lowest BCUT2D eigenvalue weighted by Gasteiger charge is -2.29. The van der Waals surface area contributed by atoms with Gasteiger partial charge in [0.15, 0.2) is 0 Å². The molecule has 1 aliphatic rings. The van der Waals surface area contributed by atoms with E-state index < -0.39 is 5.60 Å². The molecule has 0 atom stereocenters. The third-order valence-corrected chi connectivity index (χ3v) is 3.05. The number of carbonyl (C=O) groups excluding carboxylic acids is 1. The number of hydrogen-bond acceptors (Lipinski definition) is 3. The second kappa shape index (κ2) is 7.07. The SMILES string of the molecule is CC(C)(C)OC(=O)[C@H]1CC[C@H](OCCCF)CC1. The van der Waals surface area contributed by atoms with E-state index in [9.17, 15) is 9.18 Å². The Morgan fingerprint density at radius 2 is 1.83 bits per heavy atom. The van der Waals surface area contributed by atoms with Crippen LogP contribution in [0.3, 0.4) is 0 Å². The van der Waals surface area contributed by atoms with Crippen molar-refractivity contribution in [1.29, 1.82) is 0 Å². The molecule has 0 heterocycles. The number of ether oxygens (including phenoxy) is 2. The van der Waals surface area contributed by atoms with E-state index in [0.29, 0.717) is 13.0 Å². The van der Waals surface area contributed by atoms with E-state index in [-0.39, 0.29) is 24.7 Å². The second-order valence-corrected chi connectivity index (χ2v) is 5.92. The van der Waals surface area contributed by atoms with Crippen molar-refractivity contribution in [3.05, 3.63) is 0 Å². The fourth-order valence-electron chi connectivity index (χ4n) is 2.15. The first-order valence-electron chi connectivity index (χ1n) is 6.83. The average Bonchev–Trinajstić information content (AvgIpc) is 2.28. The maximum absolute atomic E-state index is 11.9. The summed E-state index contributed by atoms with van der Waals surface area (Å²) in [5.41, 5.74) is -0.411. The van der Waals surface area contributed by atoms with Gasteiger partial charge in [0.05, 0.1) is 18.7 Å². The molecule has 0 radical (unpaired) electrons. The van der Waals surface area contributed by atoms with Crippen LogP contribution in [0.5, 0.6) is 0 Å². The van der Waals surface area contributed by atoms with E-state index in [1.165, 1.54) is 0 Å². The first-order chi connectivity index (χ1) is 8.42. The van der Waals surface area contributed by atoms with Gasteiger partial charge in [-0.3, -0.25) is 9.18 Å². The van der Waals surface area contributed by atoms with Crippen LogP contribution in [0.25, 0.3) is 0 Å². The van der Waals surface area contributed by atoms with Crippen LogP contribution < -0.4 is 0 Å². The molecule has 0 aromatic carbocycles. The van der Waals surface area contributed by atoms with Crippen LogP contribution >= 0.6 is 0 Å². The molecule has 1 aliphatic carbocycles. The van der Waals surface area contributed by atoms with Crippen LogP contribution in [0.2, 0.25) is 0 Å². The smallest absolute Gasteiger partial charge is 0.309 e. The van der Waals surface area contributed by atoms with Crippen LogP contribution in [0.4, 0.5) is 4.39 Å². The van der Waals surface area contributed by atoms with Crippen LogP contribution in [0, 0.1) is 5.92 Å². The molecule has 4 heteroatoms. The van der Waals surface area contributed by atoms with Gasteiger partial charge in [0.1, 0.15) is 5.60 Å². The maximum Gasteiger partial charge on any atom is 0.309 e. The van der Waals surface area contributed by atoms with E-state index in [1.54, 1.807) is 0 Å². The summed E-state index contributed by atoms with van der Waals surface area (Å²) < 4.78 is 22.9. The van der Waals surface area contributed by atoms with E-state index in [0.717, 1.165) is 25.7 Å². The fraction of sp³-hybridized carbons (Fsp3) is 0.929. The van der Waals surface area contributed by atoms with Crippen molar-refractivity contribution >= 4 is 5.97 Å². The molecule has 0 saturated heterocycles. The van der Waals surface area contributed by atoms with Gasteiger partial charge in [-0.15, -0.1) is 0 Å². The topological polar surface area (TPSA) is 35.5 Å². The summed E-state index contributed by atoms with van der Waals surface area (Å²) in [5.74, 6) is -0.0880. The predicted molar refractivity (Wildman–Crippen MR) is 68.1 cm³/mol. The molecular weight excluding hydrogens is 235 g/mol. The zero-order valence-electron chi connectivity index (χ0n) is 11.7. The predicted octanol–water partition coefficient (Wildman–Crippen LogP) is 3.26. The summed E-state index contributed by atoms with van der Waals surface area (Å²) in [4.78, 5) is 11.9. The Kier molecular flexibility index (Phi) is 6.06. The average molecular weight is 260 g/mol. The molecule has 0 spiro atoms. The standard InChI is InChI=1S/C14H25FO3/c1-14(2,3)18-13(16)11-5-7-12(8-6-11)17-10-4-9-15/h11-12H,4-10H2,1-3H3/t11-,12-. The van der Waals surface area contributed by atoms with Crippen LogP contribution in [-0.4, -0.2) is 31.0 Å². The summed E-state index contributed by atoms with van der Waals surface area (Å²) in [6.45, 7) is 5.81. The van der Waals surface area contributed by atoms with Gasteiger partial charge in [0.25, 0.3) is 0 Å². The zero-order valence-corrected chi connectivity index (χ0v) is 11.7. The Morgan fingerprint density at radius 3 is 2.33 bits per heavy atom. The summed E-state index contributed by atoms with van der Waals surface area (Å²) in [7, 11) is 0. The Balaban J connectivity index is 2.24. The van der Waals surface area contributed by atoms with Gasteiger partial charge in [-0.1, -0.05) is 0 Å². The Bertz CT molecular complexity index is 252. The lowest BCUT2D eigenvalue weighted by Crippen LogP contribution is -2.32. The highest BCUT2D eigenvalue weighted by molar-refractivity contribution is 5.72. The number of alkyl halides is 1. The molecular formula is C14H25FO3. The minimum Gasteiger partial charge on any atom is -0.460 e. The minimum absolute atomic E-state index is 0.00486. The molecule has 0 aliphatic heterocycles. The number of hydrogen-bond donors (Lipinski definition) is 0. The van der Waals surface area contributed by atoms with E-state index in [2.05, 4.69) is 0 Å². The van der Waals surface area contributed by atoms with Crippen molar-refractivity contribution in [1.82, 2.24) is 0 Å². The summed E-state index contributed by atoms with van der Waals surface area (Å²) in [5, 5.41) is 0. The van der Waals surface area contributed by atoms with Gasteiger partial charge in [0.2, 0.25) is 0 Å². The largest absolute Gasteiger partial charge is 0.460 e. The summed E-state index contributed by atoms with van der Waals surface area (Å²) in [6.07, 6.45) is 4.03. The van der Waals surface area contributed by atoms with E-state index >= 15 is 0 Å². The Hall–Kier alpha value is -0.640. The molecule has 0 unspecified atom stereocenters. The molecule has 3 nitrogen and oxygen atoms in total. The highest BCUT2D eigenvalue weighted by Crippen LogP contribution is 2.28. The second-order valence-electron chi connectivity index (χ2n) is 5.92. The third kappa shape index (κ3) is 5.80. The first-order valence-corrected chi connectivity index (χ1v) is 6.83. The van der Waals surface area contributed by atoms with Gasteiger partial charge in [-0.05, 0) is 52.9 Å². The molecule has 18 heavy (non-hydrogen) atoms. The van der Waals surface area contributed by atoms with Gasteiger partial charge in [-0.2, -0.15) is 0 Å². The van der Waals surface area contributed by atoms with Crippen molar-refractivity contribution in [2.24, 2.45) is 5.92 Å². The molecule has 1 rings (SSSR count). The first kappa shape index (κ1) is 15.4. The van der Waals surface area contributed by atoms with Gasteiger partial charge < -0.3 is 9.47 Å². The minimum atomic E-state index is -0.411. The molecule has 0 bridgehead atoms. The van der Waals surface area contributed by atoms with Crippen LogP contribution in [-0.2, 0) is 14.3 Å². The Labute approximate surface area is 109 Å². The number of rotatable bonds is 5. The fourth-order valence-corrected chi connectivity index (χ4v) is 2.15. The van der Waals surface area contributed by atoms with E-state index in [4.69, 9.17) is 9.47 Å². The lowest BCUT2D eigenvalue weighted by molar-refractivity contribution is -0.162. The molecule has 106 valence electrons. The number of halogens is 1. The number of esters is 1. The normalized spacial score (nSPS) is 24.9. The maximum atomic E-state index is 11.9. The van der Waals surface area contributed by atoms with Crippen LogP contribution in [0.15, 0.2) is 0 Å². The van der Waals surface area contributed by atoms with E-state index in [1.807, 2.05) is 20.8 Å².